The molecule has 1 atom stereocenters. The highest BCUT2D eigenvalue weighted by Gasteiger charge is 2.29. The molecule has 1 saturated heterocycles. The van der Waals surface area contributed by atoms with Crippen molar-refractivity contribution in [2.24, 2.45) is 11.0 Å². The van der Waals surface area contributed by atoms with Gasteiger partial charge in [-0.1, -0.05) is 12.1 Å². The van der Waals surface area contributed by atoms with Gasteiger partial charge in [0.2, 0.25) is 11.8 Å². The first-order valence-electron chi connectivity index (χ1n) is 7.67. The summed E-state index contributed by atoms with van der Waals surface area (Å²) in [7, 11) is -2.98. The van der Waals surface area contributed by atoms with E-state index in [1.54, 1.807) is 25.1 Å². The third-order valence-corrected chi connectivity index (χ3v) is 5.59. The van der Waals surface area contributed by atoms with E-state index in [1.165, 1.54) is 6.92 Å². The minimum Gasteiger partial charge on any atom is -0.326 e. The molecule has 0 aliphatic carbocycles. The van der Waals surface area contributed by atoms with Gasteiger partial charge in [-0.05, 0) is 37.0 Å². The summed E-state index contributed by atoms with van der Waals surface area (Å²) in [5.74, 6) is -0.366. The maximum Gasteiger partial charge on any atom is 0.240 e. The largest absolute Gasteiger partial charge is 0.326 e. The summed E-state index contributed by atoms with van der Waals surface area (Å²) < 4.78 is 22.8. The summed E-state index contributed by atoms with van der Waals surface area (Å²) in [4.78, 5) is 23.0. The van der Waals surface area contributed by atoms with Crippen molar-refractivity contribution in [3.63, 3.8) is 0 Å². The molecule has 2 rings (SSSR count). The van der Waals surface area contributed by atoms with Crippen LogP contribution >= 0.6 is 0 Å². The molecule has 130 valence electrons. The van der Waals surface area contributed by atoms with Crippen LogP contribution in [-0.2, 0) is 19.4 Å². The molecule has 0 unspecified atom stereocenters. The summed E-state index contributed by atoms with van der Waals surface area (Å²) in [6.45, 7) is 3.17. The van der Waals surface area contributed by atoms with Gasteiger partial charge in [0.25, 0.3) is 0 Å². The molecule has 1 aliphatic heterocycles. The third-order valence-electron chi connectivity index (χ3n) is 3.75. The van der Waals surface area contributed by atoms with Gasteiger partial charge in [-0.25, -0.2) is 13.8 Å². The molecule has 8 heteroatoms. The normalized spacial score (nSPS) is 19.8. The van der Waals surface area contributed by atoms with Crippen LogP contribution in [0.1, 0.15) is 32.3 Å². The van der Waals surface area contributed by atoms with Gasteiger partial charge in [-0.15, -0.1) is 0 Å². The molecule has 1 aromatic carbocycles. The molecule has 2 amide bonds. The monoisotopic (exact) mass is 351 g/mol. The molecule has 0 saturated carbocycles. The maximum absolute atomic E-state index is 11.9. The average Bonchev–Trinajstić information content (AvgIpc) is 2.83. The smallest absolute Gasteiger partial charge is 0.240 e. The Morgan fingerprint density at radius 3 is 2.67 bits per heavy atom. The van der Waals surface area contributed by atoms with E-state index in [2.05, 4.69) is 15.8 Å². The third kappa shape index (κ3) is 5.45. The zero-order valence-corrected chi connectivity index (χ0v) is 14.5. The molecule has 1 fully saturated rings. The van der Waals surface area contributed by atoms with Crippen LogP contribution in [0.5, 0.6) is 0 Å². The van der Waals surface area contributed by atoms with Gasteiger partial charge >= 0.3 is 0 Å². The van der Waals surface area contributed by atoms with Crippen LogP contribution in [0.15, 0.2) is 29.4 Å². The van der Waals surface area contributed by atoms with Crippen LogP contribution in [-0.4, -0.2) is 37.4 Å². The standard InChI is InChI=1S/C16H21N3O4S/c1-11(14-4-3-5-15(9-14)17-12(2)20)18-19-16(21)8-13-6-7-24(22,23)10-13/h3-5,9,13H,6-8,10H2,1-2H3,(H,17,20)(H,19,21)/b18-11-/t13-/m0/s1. The molecule has 0 radical (unpaired) electrons. The lowest BCUT2D eigenvalue weighted by molar-refractivity contribution is -0.121. The Morgan fingerprint density at radius 2 is 2.04 bits per heavy atom. The van der Waals surface area contributed by atoms with Crippen molar-refractivity contribution in [3.05, 3.63) is 29.8 Å². The van der Waals surface area contributed by atoms with Gasteiger partial charge in [0.15, 0.2) is 9.84 Å². The number of carbonyl (C=O) groups excluding carboxylic acids is 2. The fourth-order valence-corrected chi connectivity index (χ4v) is 4.44. The van der Waals surface area contributed by atoms with E-state index in [0.717, 1.165) is 5.56 Å². The summed E-state index contributed by atoms with van der Waals surface area (Å²) in [5, 5.41) is 6.73. The molecule has 1 aromatic rings. The molecule has 1 heterocycles. The first-order chi connectivity index (χ1) is 11.2. The summed E-state index contributed by atoms with van der Waals surface area (Å²) in [6, 6.07) is 7.12. The number of benzene rings is 1. The number of amides is 2. The van der Waals surface area contributed by atoms with Gasteiger partial charge in [0.05, 0.1) is 17.2 Å². The van der Waals surface area contributed by atoms with Crippen LogP contribution in [0.4, 0.5) is 5.69 Å². The van der Waals surface area contributed by atoms with E-state index < -0.39 is 9.84 Å². The second kappa shape index (κ2) is 7.57. The van der Waals surface area contributed by atoms with Crippen LogP contribution < -0.4 is 10.7 Å². The second-order valence-electron chi connectivity index (χ2n) is 5.97. The number of rotatable bonds is 5. The first kappa shape index (κ1) is 18.1. The lowest BCUT2D eigenvalue weighted by atomic mass is 10.1. The number of hydrazone groups is 1. The zero-order valence-electron chi connectivity index (χ0n) is 13.7. The summed E-state index contributed by atoms with van der Waals surface area (Å²) >= 11 is 0. The molecule has 0 bridgehead atoms. The minimum atomic E-state index is -2.98. The number of hydrogen-bond donors (Lipinski definition) is 2. The highest BCUT2D eigenvalue weighted by Crippen LogP contribution is 2.21. The fourth-order valence-electron chi connectivity index (χ4n) is 2.58. The van der Waals surface area contributed by atoms with Gasteiger partial charge in [0, 0.05) is 19.0 Å². The van der Waals surface area contributed by atoms with Gasteiger partial charge in [0.1, 0.15) is 0 Å². The predicted octanol–water partition coefficient (Wildman–Crippen LogP) is 1.31. The Kier molecular flexibility index (Phi) is 5.71. The molecule has 24 heavy (non-hydrogen) atoms. The van der Waals surface area contributed by atoms with Crippen molar-refractivity contribution in [2.75, 3.05) is 16.8 Å². The Bertz CT molecular complexity index is 771. The fraction of sp³-hybridized carbons (Fsp3) is 0.438. The molecular formula is C16H21N3O4S. The Labute approximate surface area is 141 Å². The van der Waals surface area contributed by atoms with Crippen LogP contribution in [0.3, 0.4) is 0 Å². The van der Waals surface area contributed by atoms with Gasteiger partial charge in [-0.3, -0.25) is 9.59 Å². The molecule has 7 nitrogen and oxygen atoms in total. The van der Waals surface area contributed by atoms with Crippen molar-refractivity contribution < 1.29 is 18.0 Å². The Balaban J connectivity index is 1.93. The van der Waals surface area contributed by atoms with Crippen LogP contribution in [0.2, 0.25) is 0 Å². The molecule has 0 aromatic heterocycles. The average molecular weight is 351 g/mol. The highest BCUT2D eigenvalue weighted by molar-refractivity contribution is 7.91. The molecule has 0 spiro atoms. The van der Waals surface area contributed by atoms with Gasteiger partial charge < -0.3 is 5.32 Å². The predicted molar refractivity (Wildman–Crippen MR) is 92.5 cm³/mol. The maximum atomic E-state index is 11.9. The Morgan fingerprint density at radius 1 is 1.29 bits per heavy atom. The van der Waals surface area contributed by atoms with Crippen molar-refractivity contribution in [2.45, 2.75) is 26.7 Å². The zero-order chi connectivity index (χ0) is 17.7. The summed E-state index contributed by atoms with van der Waals surface area (Å²) in [6.07, 6.45) is 0.680. The van der Waals surface area contributed by atoms with Gasteiger partial charge in [-0.2, -0.15) is 5.10 Å². The number of hydrogen-bond acceptors (Lipinski definition) is 5. The first-order valence-corrected chi connectivity index (χ1v) is 9.49. The topological polar surface area (TPSA) is 105 Å². The van der Waals surface area contributed by atoms with E-state index in [1.807, 2.05) is 6.07 Å². The van der Waals surface area contributed by atoms with Crippen molar-refractivity contribution in [1.82, 2.24) is 5.43 Å². The van der Waals surface area contributed by atoms with Crippen molar-refractivity contribution >= 4 is 33.1 Å². The van der Waals surface area contributed by atoms with E-state index in [4.69, 9.17) is 0 Å². The minimum absolute atomic E-state index is 0.0713. The Hall–Kier alpha value is -2.22. The number of anilines is 1. The quantitative estimate of drug-likeness (QED) is 0.616. The lowest BCUT2D eigenvalue weighted by Gasteiger charge is -2.08. The van der Waals surface area contributed by atoms with Crippen LogP contribution in [0.25, 0.3) is 0 Å². The van der Waals surface area contributed by atoms with E-state index >= 15 is 0 Å². The van der Waals surface area contributed by atoms with Crippen molar-refractivity contribution in [1.29, 1.82) is 0 Å². The molecule has 1 aliphatic rings. The van der Waals surface area contributed by atoms with Crippen LogP contribution in [0, 0.1) is 5.92 Å². The summed E-state index contributed by atoms with van der Waals surface area (Å²) in [5.41, 5.74) is 4.47. The highest BCUT2D eigenvalue weighted by atomic mass is 32.2. The number of nitrogens with one attached hydrogen (secondary N) is 2. The number of sulfone groups is 1. The van der Waals surface area contributed by atoms with E-state index in [-0.39, 0.29) is 35.7 Å². The SMILES string of the molecule is CC(=O)Nc1cccc(/C(C)=N\NC(=O)C[C@@H]2CCS(=O)(=O)C2)c1. The van der Waals surface area contributed by atoms with Crippen molar-refractivity contribution in [3.8, 4) is 0 Å². The van der Waals surface area contributed by atoms with E-state index in [9.17, 15) is 18.0 Å². The second-order valence-corrected chi connectivity index (χ2v) is 8.20. The van der Waals surface area contributed by atoms with E-state index in [0.29, 0.717) is 17.8 Å². The lowest BCUT2D eigenvalue weighted by Crippen LogP contribution is -2.22. The molecule has 2 N–H and O–H groups in total. The number of nitrogens with zero attached hydrogens (tertiary/aromatic N) is 1. The molecular weight excluding hydrogens is 330 g/mol. The number of carbonyl (C=O) groups is 2.